The Kier molecular flexibility index (Phi) is 4.81. The van der Waals surface area contributed by atoms with Crippen LogP contribution in [-0.2, 0) is 0 Å². The van der Waals surface area contributed by atoms with E-state index in [1.54, 1.807) is 17.0 Å². The molecule has 1 aliphatic rings. The van der Waals surface area contributed by atoms with E-state index in [1.165, 1.54) is 0 Å². The van der Waals surface area contributed by atoms with Crippen molar-refractivity contribution >= 4 is 50.6 Å². The number of hydrogen-bond donors (Lipinski definition) is 1. The van der Waals surface area contributed by atoms with Gasteiger partial charge in [0.2, 0.25) is 0 Å². The molecule has 0 bridgehead atoms. The van der Waals surface area contributed by atoms with E-state index < -0.39 is 0 Å². The fourth-order valence-electron chi connectivity index (χ4n) is 2.23. The Labute approximate surface area is 131 Å². The number of rotatable bonds is 2. The van der Waals surface area contributed by atoms with Crippen molar-refractivity contribution in [3.8, 4) is 0 Å². The fourth-order valence-corrected chi connectivity index (χ4v) is 3.00. The minimum atomic E-state index is -0.0627. The lowest BCUT2D eigenvalue weighted by Gasteiger charge is -2.32. The number of carbonyl (C=O) groups excluding carboxylic acids is 1. The van der Waals surface area contributed by atoms with E-state index in [0.29, 0.717) is 22.1 Å². The summed E-state index contributed by atoms with van der Waals surface area (Å²) in [6, 6.07) is 5.35. The Morgan fingerprint density at radius 2 is 2.26 bits per heavy atom. The van der Waals surface area contributed by atoms with Crippen LogP contribution in [0.25, 0.3) is 0 Å². The maximum atomic E-state index is 12.5. The van der Waals surface area contributed by atoms with E-state index in [1.807, 2.05) is 6.07 Å². The van der Waals surface area contributed by atoms with Crippen LogP contribution in [0.4, 0.5) is 0 Å². The number of piperidine rings is 1. The van der Waals surface area contributed by atoms with Crippen LogP contribution in [0.5, 0.6) is 0 Å². The zero-order valence-corrected chi connectivity index (χ0v) is 13.4. The van der Waals surface area contributed by atoms with Crippen molar-refractivity contribution in [3.05, 3.63) is 33.3 Å². The molecule has 1 aromatic carbocycles. The smallest absolute Gasteiger partial charge is 0.255 e. The molecule has 1 aromatic rings. The maximum Gasteiger partial charge on any atom is 0.255 e. The van der Waals surface area contributed by atoms with Gasteiger partial charge in [0.25, 0.3) is 5.91 Å². The van der Waals surface area contributed by atoms with Crippen LogP contribution in [-0.4, -0.2) is 28.9 Å². The van der Waals surface area contributed by atoms with Crippen molar-refractivity contribution in [2.45, 2.75) is 12.8 Å². The molecule has 19 heavy (non-hydrogen) atoms. The largest absolute Gasteiger partial charge is 0.393 e. The van der Waals surface area contributed by atoms with Gasteiger partial charge in [-0.25, -0.2) is 0 Å². The molecule has 0 spiro atoms. The highest BCUT2D eigenvalue weighted by Crippen LogP contribution is 2.28. The van der Waals surface area contributed by atoms with E-state index in [2.05, 4.69) is 15.9 Å². The minimum absolute atomic E-state index is 0.0627. The van der Waals surface area contributed by atoms with E-state index in [-0.39, 0.29) is 11.8 Å². The molecule has 1 aliphatic heterocycles. The Hall–Kier alpha value is -0.650. The highest BCUT2D eigenvalue weighted by molar-refractivity contribution is 9.10. The van der Waals surface area contributed by atoms with E-state index in [0.717, 1.165) is 23.9 Å². The Morgan fingerprint density at radius 3 is 2.95 bits per heavy atom. The SMILES string of the molecule is NC(=S)C1CCCN(C(=O)c2cccc(Br)c2Cl)C1. The van der Waals surface area contributed by atoms with Crippen LogP contribution in [0.15, 0.2) is 22.7 Å². The predicted octanol–water partition coefficient (Wildman–Crippen LogP) is 3.24. The normalized spacial score (nSPS) is 19.3. The second-order valence-corrected chi connectivity index (χ2v) is 6.30. The molecule has 1 saturated heterocycles. The number of halogens is 2. The molecule has 3 nitrogen and oxygen atoms in total. The average molecular weight is 362 g/mol. The molecule has 1 heterocycles. The first-order valence-electron chi connectivity index (χ1n) is 6.03. The number of thiocarbonyl (C=S) groups is 1. The molecule has 6 heteroatoms. The van der Waals surface area contributed by atoms with Crippen LogP contribution >= 0.6 is 39.7 Å². The van der Waals surface area contributed by atoms with E-state index in [9.17, 15) is 4.79 Å². The molecule has 0 radical (unpaired) electrons. The van der Waals surface area contributed by atoms with Gasteiger partial charge < -0.3 is 10.6 Å². The third-order valence-electron chi connectivity index (χ3n) is 3.29. The molecule has 0 saturated carbocycles. The molecule has 1 atom stereocenters. The van der Waals surface area contributed by atoms with Gasteiger partial charge in [0.05, 0.1) is 15.6 Å². The number of nitrogens with two attached hydrogens (primary N) is 1. The standard InChI is InChI=1S/C13H14BrClN2OS/c14-10-5-1-4-9(11(10)15)13(18)17-6-2-3-8(7-17)12(16)19/h1,4-5,8H,2-3,6-7H2,(H2,16,19). The van der Waals surface area contributed by atoms with Gasteiger partial charge >= 0.3 is 0 Å². The number of benzene rings is 1. The quantitative estimate of drug-likeness (QED) is 0.823. The lowest BCUT2D eigenvalue weighted by molar-refractivity contribution is 0.0703. The molecule has 1 unspecified atom stereocenters. The van der Waals surface area contributed by atoms with Crippen molar-refractivity contribution in [1.29, 1.82) is 0 Å². The summed E-state index contributed by atoms with van der Waals surface area (Å²) < 4.78 is 0.725. The average Bonchev–Trinajstić information content (AvgIpc) is 2.41. The van der Waals surface area contributed by atoms with E-state index in [4.69, 9.17) is 29.6 Å². The molecular weight excluding hydrogens is 348 g/mol. The molecule has 1 fully saturated rings. The second kappa shape index (κ2) is 6.20. The van der Waals surface area contributed by atoms with Gasteiger partial charge in [0.15, 0.2) is 0 Å². The third-order valence-corrected chi connectivity index (χ3v) is 4.92. The summed E-state index contributed by atoms with van der Waals surface area (Å²) >= 11 is 14.5. The fraction of sp³-hybridized carbons (Fsp3) is 0.385. The highest BCUT2D eigenvalue weighted by atomic mass is 79.9. The van der Waals surface area contributed by atoms with Gasteiger partial charge in [-0.1, -0.05) is 29.9 Å². The number of amides is 1. The zero-order valence-electron chi connectivity index (χ0n) is 10.2. The van der Waals surface area contributed by atoms with Crippen molar-refractivity contribution < 1.29 is 4.79 Å². The van der Waals surface area contributed by atoms with Crippen LogP contribution in [0.2, 0.25) is 5.02 Å². The first kappa shape index (κ1) is 14.8. The molecular formula is C13H14BrClN2OS. The van der Waals surface area contributed by atoms with Gasteiger partial charge in [-0.3, -0.25) is 4.79 Å². The zero-order chi connectivity index (χ0) is 14.0. The van der Waals surface area contributed by atoms with Crippen molar-refractivity contribution in [3.63, 3.8) is 0 Å². The summed E-state index contributed by atoms with van der Waals surface area (Å²) in [7, 11) is 0. The number of nitrogens with zero attached hydrogens (tertiary/aromatic N) is 1. The van der Waals surface area contributed by atoms with Crippen molar-refractivity contribution in [1.82, 2.24) is 4.90 Å². The Bertz CT molecular complexity index is 523. The monoisotopic (exact) mass is 360 g/mol. The summed E-state index contributed by atoms with van der Waals surface area (Å²) in [5.41, 5.74) is 6.20. The molecule has 102 valence electrons. The third kappa shape index (κ3) is 3.27. The van der Waals surface area contributed by atoms with Gasteiger partial charge in [-0.15, -0.1) is 0 Å². The lowest BCUT2D eigenvalue weighted by atomic mass is 9.97. The van der Waals surface area contributed by atoms with Crippen molar-refractivity contribution in [2.24, 2.45) is 11.7 Å². The van der Waals surface area contributed by atoms with Gasteiger partial charge in [-0.2, -0.15) is 0 Å². The number of hydrogen-bond acceptors (Lipinski definition) is 2. The first-order valence-corrected chi connectivity index (χ1v) is 7.61. The summed E-state index contributed by atoms with van der Waals surface area (Å²) in [5, 5.41) is 0.449. The van der Waals surface area contributed by atoms with Crippen LogP contribution < -0.4 is 5.73 Å². The second-order valence-electron chi connectivity index (χ2n) is 4.59. The number of likely N-dealkylation sites (tertiary alicyclic amines) is 1. The molecule has 0 aromatic heterocycles. The molecule has 0 aliphatic carbocycles. The van der Waals surface area contributed by atoms with Gasteiger partial charge in [0, 0.05) is 23.5 Å². The molecule has 1 amide bonds. The molecule has 2 rings (SSSR count). The number of carbonyl (C=O) groups is 1. The van der Waals surface area contributed by atoms with Crippen LogP contribution in [0.3, 0.4) is 0 Å². The topological polar surface area (TPSA) is 46.3 Å². The summed E-state index contributed by atoms with van der Waals surface area (Å²) in [6.45, 7) is 1.30. The van der Waals surface area contributed by atoms with Crippen LogP contribution in [0.1, 0.15) is 23.2 Å². The Morgan fingerprint density at radius 1 is 1.53 bits per heavy atom. The van der Waals surface area contributed by atoms with E-state index >= 15 is 0 Å². The highest BCUT2D eigenvalue weighted by Gasteiger charge is 2.27. The van der Waals surface area contributed by atoms with Gasteiger partial charge in [0.1, 0.15) is 0 Å². The Balaban J connectivity index is 2.19. The van der Waals surface area contributed by atoms with Crippen molar-refractivity contribution in [2.75, 3.05) is 13.1 Å². The summed E-state index contributed by atoms with van der Waals surface area (Å²) in [6.07, 6.45) is 1.87. The lowest BCUT2D eigenvalue weighted by Crippen LogP contribution is -2.43. The van der Waals surface area contributed by atoms with Gasteiger partial charge in [-0.05, 0) is 40.9 Å². The summed E-state index contributed by atoms with van der Waals surface area (Å²) in [4.78, 5) is 14.7. The molecule has 2 N–H and O–H groups in total. The minimum Gasteiger partial charge on any atom is -0.393 e. The predicted molar refractivity (Wildman–Crippen MR) is 84.6 cm³/mol. The van der Waals surface area contributed by atoms with Crippen LogP contribution in [0, 0.1) is 5.92 Å². The maximum absolute atomic E-state index is 12.5. The summed E-state index contributed by atoms with van der Waals surface area (Å²) in [5.74, 6) is 0.0471. The first-order chi connectivity index (χ1) is 9.00.